The van der Waals surface area contributed by atoms with Gasteiger partial charge in [-0.25, -0.2) is 0 Å². The molecule has 194 valence electrons. The van der Waals surface area contributed by atoms with E-state index >= 15 is 0 Å². The molecular weight excluding hydrogens is 487 g/mol. The van der Waals surface area contributed by atoms with Crippen LogP contribution in [-0.2, 0) is 14.7 Å². The molecule has 2 nitrogen and oxygen atoms in total. The molecule has 1 spiro atoms. The van der Waals surface area contributed by atoms with Gasteiger partial charge in [-0.15, -0.1) is 0 Å². The van der Waals surface area contributed by atoms with E-state index in [0.29, 0.717) is 0 Å². The second-order valence-electron chi connectivity index (χ2n) is 12.4. The molecule has 0 radical (unpaired) electrons. The second-order valence-corrected chi connectivity index (χ2v) is 12.4. The highest BCUT2D eigenvalue weighted by Gasteiger charge is 2.53. The third kappa shape index (κ3) is 3.08. The Morgan fingerprint density at radius 3 is 1.85 bits per heavy atom. The first-order chi connectivity index (χ1) is 19.3. The molecule has 3 heteroatoms. The van der Waals surface area contributed by atoms with Gasteiger partial charge in [0.2, 0.25) is 0 Å². The van der Waals surface area contributed by atoms with E-state index in [-0.39, 0.29) is 0 Å². The fraction of sp³-hybridized carbons (Fsp3) is 0.189. The minimum Gasteiger partial charge on any atom is -0.399 e. The fourth-order valence-electron chi connectivity index (χ4n) is 7.02. The summed E-state index contributed by atoms with van der Waals surface area (Å²) in [6.07, 6.45) is 4.55. The highest BCUT2D eigenvalue weighted by atomic mass is 16.7. The van der Waals surface area contributed by atoms with Crippen molar-refractivity contribution in [1.82, 2.24) is 0 Å². The Morgan fingerprint density at radius 1 is 0.500 bits per heavy atom. The molecule has 0 N–H and O–H groups in total. The lowest BCUT2D eigenvalue weighted by Gasteiger charge is -2.35. The Kier molecular flexibility index (Phi) is 4.83. The van der Waals surface area contributed by atoms with Crippen LogP contribution in [0.2, 0.25) is 0 Å². The molecular formula is C37H31BO2. The summed E-state index contributed by atoms with van der Waals surface area (Å²) in [5, 5.41) is 2.52. The lowest BCUT2D eigenvalue weighted by molar-refractivity contribution is 0.00578. The summed E-state index contributed by atoms with van der Waals surface area (Å²) in [5.74, 6) is 0. The SMILES string of the molecule is CC1(C)OB(c2ccc3c(c2)C2(c4ccccc4C=C3)c3ccccc3-c3cc4ccccc4cc32)OC1(C)C. The van der Waals surface area contributed by atoms with E-state index in [1.165, 1.54) is 55.3 Å². The van der Waals surface area contributed by atoms with E-state index in [4.69, 9.17) is 9.31 Å². The van der Waals surface area contributed by atoms with Crippen LogP contribution in [0.4, 0.5) is 0 Å². The van der Waals surface area contributed by atoms with E-state index < -0.39 is 23.7 Å². The van der Waals surface area contributed by atoms with Crippen LogP contribution in [0, 0.1) is 0 Å². The number of rotatable bonds is 1. The highest BCUT2D eigenvalue weighted by molar-refractivity contribution is 6.62. The zero-order valence-electron chi connectivity index (χ0n) is 23.4. The minimum atomic E-state index is -0.481. The normalized spacial score (nSPS) is 21.1. The van der Waals surface area contributed by atoms with Crippen LogP contribution < -0.4 is 5.46 Å². The van der Waals surface area contributed by atoms with Gasteiger partial charge in [0.25, 0.3) is 0 Å². The van der Waals surface area contributed by atoms with Crippen molar-refractivity contribution in [3.8, 4) is 11.1 Å². The molecule has 0 bridgehead atoms. The molecule has 40 heavy (non-hydrogen) atoms. The molecule has 5 aromatic carbocycles. The standard InChI is InChI=1S/C37H31BO2/c1-35(2)36(3,4)40-38(39-35)28-20-19-25-18-17-24-11-7-9-15-31(24)37(33(25)23-28)32-16-10-8-14-29(32)30-21-26-12-5-6-13-27(26)22-34(30)37/h5-23H,1-4H3. The molecule has 1 aliphatic heterocycles. The van der Waals surface area contributed by atoms with Crippen LogP contribution in [0.3, 0.4) is 0 Å². The van der Waals surface area contributed by atoms with Gasteiger partial charge in [0.1, 0.15) is 0 Å². The van der Waals surface area contributed by atoms with E-state index in [1.54, 1.807) is 0 Å². The second kappa shape index (κ2) is 8.07. The maximum absolute atomic E-state index is 6.55. The van der Waals surface area contributed by atoms with Crippen molar-refractivity contribution >= 4 is 35.5 Å². The maximum atomic E-state index is 6.55. The van der Waals surface area contributed by atoms with E-state index in [9.17, 15) is 0 Å². The lowest BCUT2D eigenvalue weighted by Crippen LogP contribution is -2.41. The predicted octanol–water partition coefficient (Wildman–Crippen LogP) is 7.99. The molecule has 0 aromatic heterocycles. The van der Waals surface area contributed by atoms with Gasteiger partial charge in [0, 0.05) is 0 Å². The first-order valence-corrected chi connectivity index (χ1v) is 14.2. The first kappa shape index (κ1) is 23.9. The number of hydrogen-bond donors (Lipinski definition) is 0. The third-order valence-corrected chi connectivity index (χ3v) is 9.73. The molecule has 5 aromatic rings. The Bertz CT molecular complexity index is 1870. The Balaban J connectivity index is 1.48. The monoisotopic (exact) mass is 518 g/mol. The molecule has 3 aliphatic rings. The Hall–Kier alpha value is -3.92. The topological polar surface area (TPSA) is 18.5 Å². The molecule has 2 aliphatic carbocycles. The van der Waals surface area contributed by atoms with Crippen LogP contribution in [0.5, 0.6) is 0 Å². The van der Waals surface area contributed by atoms with Crippen molar-refractivity contribution < 1.29 is 9.31 Å². The quantitative estimate of drug-likeness (QED) is 0.205. The molecule has 0 saturated carbocycles. The van der Waals surface area contributed by atoms with E-state index in [2.05, 4.69) is 143 Å². The third-order valence-electron chi connectivity index (χ3n) is 9.73. The predicted molar refractivity (Wildman–Crippen MR) is 166 cm³/mol. The van der Waals surface area contributed by atoms with Crippen molar-refractivity contribution in [2.75, 3.05) is 0 Å². The Morgan fingerprint density at radius 2 is 1.10 bits per heavy atom. The summed E-state index contributed by atoms with van der Waals surface area (Å²) in [5.41, 5.74) is 10.0. The van der Waals surface area contributed by atoms with Gasteiger partial charge in [0.15, 0.2) is 0 Å². The van der Waals surface area contributed by atoms with E-state index in [1.807, 2.05) is 0 Å². The van der Waals surface area contributed by atoms with Gasteiger partial charge in [-0.1, -0.05) is 103 Å². The fourth-order valence-corrected chi connectivity index (χ4v) is 7.02. The molecule has 1 unspecified atom stereocenters. The van der Waals surface area contributed by atoms with E-state index in [0.717, 1.165) is 5.46 Å². The van der Waals surface area contributed by atoms with Gasteiger partial charge < -0.3 is 9.31 Å². The zero-order valence-corrected chi connectivity index (χ0v) is 23.4. The zero-order chi connectivity index (χ0) is 27.3. The average molecular weight is 518 g/mol. The van der Waals surface area contributed by atoms with Gasteiger partial charge in [0.05, 0.1) is 16.6 Å². The van der Waals surface area contributed by atoms with Crippen LogP contribution in [0.1, 0.15) is 61.1 Å². The van der Waals surface area contributed by atoms with Gasteiger partial charge in [-0.2, -0.15) is 0 Å². The molecule has 0 amide bonds. The van der Waals surface area contributed by atoms with Gasteiger partial charge >= 0.3 is 7.12 Å². The first-order valence-electron chi connectivity index (χ1n) is 14.2. The number of benzene rings is 5. The summed E-state index contributed by atoms with van der Waals surface area (Å²) >= 11 is 0. The van der Waals surface area contributed by atoms with Gasteiger partial charge in [-0.05, 0) is 101 Å². The maximum Gasteiger partial charge on any atom is 0.494 e. The molecule has 1 heterocycles. The summed E-state index contributed by atoms with van der Waals surface area (Å²) < 4.78 is 13.1. The summed E-state index contributed by atoms with van der Waals surface area (Å²) in [7, 11) is -0.428. The Labute approximate surface area is 236 Å². The smallest absolute Gasteiger partial charge is 0.399 e. The van der Waals surface area contributed by atoms with Crippen LogP contribution in [-0.4, -0.2) is 18.3 Å². The van der Waals surface area contributed by atoms with Crippen molar-refractivity contribution in [3.63, 3.8) is 0 Å². The van der Waals surface area contributed by atoms with Crippen molar-refractivity contribution in [2.24, 2.45) is 0 Å². The van der Waals surface area contributed by atoms with Crippen molar-refractivity contribution in [3.05, 3.63) is 137 Å². The summed E-state index contributed by atoms with van der Waals surface area (Å²) in [6.45, 7) is 8.47. The summed E-state index contributed by atoms with van der Waals surface area (Å²) in [6, 6.07) is 38.2. The van der Waals surface area contributed by atoms with Crippen molar-refractivity contribution in [2.45, 2.75) is 44.3 Å². The average Bonchev–Trinajstić information content (AvgIpc) is 3.29. The molecule has 1 atom stereocenters. The van der Waals surface area contributed by atoms with Gasteiger partial charge in [-0.3, -0.25) is 0 Å². The lowest BCUT2D eigenvalue weighted by atomic mass is 9.64. The van der Waals surface area contributed by atoms with Crippen LogP contribution in [0.15, 0.2) is 103 Å². The van der Waals surface area contributed by atoms with Crippen molar-refractivity contribution in [1.29, 1.82) is 0 Å². The van der Waals surface area contributed by atoms with Crippen LogP contribution >= 0.6 is 0 Å². The van der Waals surface area contributed by atoms with Crippen LogP contribution in [0.25, 0.3) is 34.1 Å². The molecule has 1 saturated heterocycles. The molecule has 8 rings (SSSR count). The molecule has 1 fully saturated rings. The number of fused-ring (bicyclic) bond motifs is 10. The largest absolute Gasteiger partial charge is 0.494 e. The summed E-state index contributed by atoms with van der Waals surface area (Å²) in [4.78, 5) is 0. The minimum absolute atomic E-state index is 0.403. The number of hydrogen-bond acceptors (Lipinski definition) is 2. The highest BCUT2D eigenvalue weighted by Crippen LogP contribution is 2.59.